The predicted molar refractivity (Wildman–Crippen MR) is 89.3 cm³/mol. The number of methoxy groups -OCH3 is 1. The molecule has 9 heteroatoms. The van der Waals surface area contributed by atoms with E-state index in [4.69, 9.17) is 4.74 Å². The number of amides is 5. The van der Waals surface area contributed by atoms with E-state index in [2.05, 4.69) is 20.9 Å². The number of pyridine rings is 1. The summed E-state index contributed by atoms with van der Waals surface area (Å²) in [7, 11) is 1.48. The first-order valence-electron chi connectivity index (χ1n) is 8.24. The number of ether oxygens (including phenoxy) is 1. The number of hydrogen-bond acceptors (Lipinski definition) is 5. The van der Waals surface area contributed by atoms with Crippen LogP contribution in [0.1, 0.15) is 25.7 Å². The van der Waals surface area contributed by atoms with Gasteiger partial charge in [-0.2, -0.15) is 0 Å². The van der Waals surface area contributed by atoms with Gasteiger partial charge in [-0.25, -0.2) is 14.6 Å². The fourth-order valence-corrected chi connectivity index (χ4v) is 3.28. The van der Waals surface area contributed by atoms with Gasteiger partial charge in [-0.05, 0) is 25.0 Å². The summed E-state index contributed by atoms with van der Waals surface area (Å²) in [6.07, 6.45) is 4.77. The van der Waals surface area contributed by atoms with Crippen molar-refractivity contribution in [1.29, 1.82) is 0 Å². The number of carbonyl (C=O) groups is 3. The Morgan fingerprint density at radius 3 is 2.88 bits per heavy atom. The van der Waals surface area contributed by atoms with Crippen molar-refractivity contribution in [3.8, 4) is 5.75 Å². The van der Waals surface area contributed by atoms with Crippen molar-refractivity contribution in [3.05, 3.63) is 18.3 Å². The zero-order valence-corrected chi connectivity index (χ0v) is 14.0. The van der Waals surface area contributed by atoms with Crippen LogP contribution in [0.3, 0.4) is 0 Å². The predicted octanol–water partition coefficient (Wildman–Crippen LogP) is 1.08. The van der Waals surface area contributed by atoms with Crippen molar-refractivity contribution in [3.63, 3.8) is 0 Å². The summed E-state index contributed by atoms with van der Waals surface area (Å²) < 4.78 is 5.10. The fraction of sp³-hybridized carbons (Fsp3) is 0.500. The molecular weight excluding hydrogens is 326 g/mol. The highest BCUT2D eigenvalue weighted by Gasteiger charge is 2.52. The van der Waals surface area contributed by atoms with E-state index < -0.39 is 11.6 Å². The normalized spacial score (nSPS) is 18.4. The van der Waals surface area contributed by atoms with Crippen LogP contribution >= 0.6 is 0 Å². The Labute approximate surface area is 145 Å². The van der Waals surface area contributed by atoms with Gasteiger partial charge in [0.25, 0.3) is 5.91 Å². The van der Waals surface area contributed by atoms with Gasteiger partial charge in [-0.15, -0.1) is 0 Å². The first kappa shape index (κ1) is 17.0. The van der Waals surface area contributed by atoms with E-state index in [-0.39, 0.29) is 25.0 Å². The van der Waals surface area contributed by atoms with E-state index in [9.17, 15) is 14.4 Å². The van der Waals surface area contributed by atoms with E-state index in [1.54, 1.807) is 12.1 Å². The second-order valence-electron chi connectivity index (χ2n) is 6.11. The molecule has 0 atom stereocenters. The molecule has 9 nitrogen and oxygen atoms in total. The summed E-state index contributed by atoms with van der Waals surface area (Å²) in [6.45, 7) is 0.273. The lowest BCUT2D eigenvalue weighted by Crippen LogP contribution is -2.45. The minimum absolute atomic E-state index is 0.124. The van der Waals surface area contributed by atoms with Gasteiger partial charge < -0.3 is 15.4 Å². The summed E-state index contributed by atoms with van der Waals surface area (Å²) >= 11 is 0. The molecule has 1 aromatic rings. The molecule has 25 heavy (non-hydrogen) atoms. The molecule has 2 aliphatic rings. The molecule has 2 heterocycles. The van der Waals surface area contributed by atoms with Gasteiger partial charge in [0.1, 0.15) is 5.54 Å². The Bertz CT molecular complexity index is 687. The Hall–Kier alpha value is -2.84. The minimum atomic E-state index is -0.722. The van der Waals surface area contributed by atoms with Crippen LogP contribution in [0.4, 0.5) is 15.4 Å². The standard InChI is InChI=1S/C16H21N5O4/c1-25-11-5-4-8-17-12(11)19-14(23)18-9-10-21-13(22)16(20-15(21)24)6-2-3-7-16/h4-5,8H,2-3,6-7,9-10H2,1H3,(H,20,24)(H2,17,18,19,23). The lowest BCUT2D eigenvalue weighted by atomic mass is 9.98. The van der Waals surface area contributed by atoms with E-state index in [1.165, 1.54) is 18.2 Å². The van der Waals surface area contributed by atoms with E-state index in [1.807, 2.05) is 0 Å². The third kappa shape index (κ3) is 3.35. The number of nitrogens with zero attached hydrogens (tertiary/aromatic N) is 2. The molecule has 134 valence electrons. The number of carbonyl (C=O) groups excluding carboxylic acids is 3. The highest BCUT2D eigenvalue weighted by Crippen LogP contribution is 2.34. The largest absolute Gasteiger partial charge is 0.493 e. The zero-order chi connectivity index (χ0) is 17.9. The van der Waals surface area contributed by atoms with E-state index >= 15 is 0 Å². The lowest BCUT2D eigenvalue weighted by molar-refractivity contribution is -0.131. The van der Waals surface area contributed by atoms with Crippen LogP contribution in [0.25, 0.3) is 0 Å². The molecule has 0 radical (unpaired) electrons. The highest BCUT2D eigenvalue weighted by molar-refractivity contribution is 6.07. The van der Waals surface area contributed by atoms with Crippen LogP contribution in [0, 0.1) is 0 Å². The maximum absolute atomic E-state index is 12.5. The lowest BCUT2D eigenvalue weighted by Gasteiger charge is -2.20. The van der Waals surface area contributed by atoms with Gasteiger partial charge >= 0.3 is 12.1 Å². The number of nitrogens with one attached hydrogen (secondary N) is 3. The Kier molecular flexibility index (Phi) is 4.73. The molecule has 0 aromatic carbocycles. The molecule has 1 saturated carbocycles. The average molecular weight is 347 g/mol. The molecule has 3 rings (SSSR count). The number of anilines is 1. The fourth-order valence-electron chi connectivity index (χ4n) is 3.28. The summed E-state index contributed by atoms with van der Waals surface area (Å²) in [5.74, 6) is 0.543. The topological polar surface area (TPSA) is 113 Å². The summed E-state index contributed by atoms with van der Waals surface area (Å²) in [6, 6.07) is 2.50. The molecule has 0 bridgehead atoms. The van der Waals surface area contributed by atoms with Gasteiger partial charge in [0.2, 0.25) is 0 Å². The highest BCUT2D eigenvalue weighted by atomic mass is 16.5. The average Bonchev–Trinajstić information content (AvgIpc) is 3.16. The van der Waals surface area contributed by atoms with Crippen molar-refractivity contribution < 1.29 is 19.1 Å². The number of hydrogen-bond donors (Lipinski definition) is 3. The molecule has 1 aliphatic carbocycles. The van der Waals surface area contributed by atoms with Gasteiger partial charge in [0.15, 0.2) is 11.6 Å². The van der Waals surface area contributed by atoms with Gasteiger partial charge in [0, 0.05) is 19.3 Å². The van der Waals surface area contributed by atoms with Crippen LogP contribution in [0.2, 0.25) is 0 Å². The van der Waals surface area contributed by atoms with Crippen molar-refractivity contribution in [2.75, 3.05) is 25.5 Å². The first-order valence-corrected chi connectivity index (χ1v) is 8.24. The SMILES string of the molecule is COc1cccnc1NC(=O)NCCN1C(=O)NC2(CCCC2)C1=O. The third-order valence-electron chi connectivity index (χ3n) is 4.55. The molecule has 2 fully saturated rings. The van der Waals surface area contributed by atoms with Crippen molar-refractivity contribution in [2.24, 2.45) is 0 Å². The zero-order valence-electron chi connectivity index (χ0n) is 14.0. The number of rotatable bonds is 5. The van der Waals surface area contributed by atoms with Crippen molar-refractivity contribution in [1.82, 2.24) is 20.5 Å². The van der Waals surface area contributed by atoms with Crippen LogP contribution < -0.4 is 20.7 Å². The van der Waals surface area contributed by atoms with Gasteiger partial charge in [-0.3, -0.25) is 15.0 Å². The van der Waals surface area contributed by atoms with Gasteiger partial charge in [-0.1, -0.05) is 12.8 Å². The first-order chi connectivity index (χ1) is 12.1. The van der Waals surface area contributed by atoms with E-state index in [0.29, 0.717) is 24.4 Å². The quantitative estimate of drug-likeness (QED) is 0.690. The van der Waals surface area contributed by atoms with Crippen LogP contribution in [-0.2, 0) is 4.79 Å². The number of aromatic nitrogens is 1. The molecule has 1 saturated heterocycles. The van der Waals surface area contributed by atoms with Crippen molar-refractivity contribution >= 4 is 23.8 Å². The molecule has 1 spiro atoms. The Morgan fingerprint density at radius 1 is 1.40 bits per heavy atom. The van der Waals surface area contributed by atoms with Crippen LogP contribution in [0.15, 0.2) is 18.3 Å². The molecule has 3 N–H and O–H groups in total. The molecular formula is C16H21N5O4. The summed E-state index contributed by atoms with van der Waals surface area (Å²) in [5.41, 5.74) is -0.722. The number of urea groups is 2. The van der Waals surface area contributed by atoms with E-state index in [0.717, 1.165) is 12.8 Å². The maximum atomic E-state index is 12.5. The number of imide groups is 1. The van der Waals surface area contributed by atoms with Gasteiger partial charge in [0.05, 0.1) is 7.11 Å². The molecule has 5 amide bonds. The maximum Gasteiger partial charge on any atom is 0.325 e. The van der Waals surface area contributed by atoms with Crippen LogP contribution in [0.5, 0.6) is 5.75 Å². The second kappa shape index (κ2) is 6.96. The third-order valence-corrected chi connectivity index (χ3v) is 4.55. The smallest absolute Gasteiger partial charge is 0.325 e. The summed E-state index contributed by atoms with van der Waals surface area (Å²) in [4.78, 5) is 41.7. The van der Waals surface area contributed by atoms with Crippen LogP contribution in [-0.4, -0.2) is 53.6 Å². The van der Waals surface area contributed by atoms with Crippen molar-refractivity contribution in [2.45, 2.75) is 31.2 Å². The Balaban J connectivity index is 1.50. The summed E-state index contributed by atoms with van der Waals surface area (Å²) in [5, 5.41) is 7.98. The second-order valence-corrected chi connectivity index (χ2v) is 6.11. The monoisotopic (exact) mass is 347 g/mol. The Morgan fingerprint density at radius 2 is 2.16 bits per heavy atom. The molecule has 1 aliphatic heterocycles. The molecule has 1 aromatic heterocycles. The minimum Gasteiger partial charge on any atom is -0.493 e. The molecule has 0 unspecified atom stereocenters.